The Bertz CT molecular complexity index is 477. The number of nitrogens with zero attached hydrogens (tertiary/aromatic N) is 1. The highest BCUT2D eigenvalue weighted by Gasteiger charge is 2.34. The normalized spacial score (nSPS) is 21.1. The van der Waals surface area contributed by atoms with Crippen molar-refractivity contribution in [3.8, 4) is 0 Å². The summed E-state index contributed by atoms with van der Waals surface area (Å²) in [6, 6.07) is 3.27. The Morgan fingerprint density at radius 1 is 1.38 bits per heavy atom. The molecule has 1 aliphatic rings. The number of hydrogen-bond donors (Lipinski definition) is 1. The summed E-state index contributed by atoms with van der Waals surface area (Å²) in [7, 11) is 0. The third kappa shape index (κ3) is 4.56. The predicted octanol–water partition coefficient (Wildman–Crippen LogP) is 3.44. The van der Waals surface area contributed by atoms with E-state index in [4.69, 9.17) is 5.73 Å². The summed E-state index contributed by atoms with van der Waals surface area (Å²) in [5, 5.41) is 0. The molecule has 0 spiro atoms. The molecule has 1 heterocycles. The van der Waals surface area contributed by atoms with E-state index < -0.39 is 17.6 Å². The largest absolute Gasteiger partial charge is 0.419 e. The Hall–Kier alpha value is -0.850. The van der Waals surface area contributed by atoms with Crippen molar-refractivity contribution in [3.63, 3.8) is 0 Å². The smallest absolute Gasteiger partial charge is 0.328 e. The first-order valence-electron chi connectivity index (χ1n) is 6.61. The van der Waals surface area contributed by atoms with Crippen LogP contribution in [0.2, 0.25) is 0 Å². The number of alkyl halides is 3. The van der Waals surface area contributed by atoms with Gasteiger partial charge in [-0.25, -0.2) is 4.39 Å². The molecule has 1 aromatic rings. The van der Waals surface area contributed by atoms with Crippen LogP contribution < -0.4 is 5.73 Å². The van der Waals surface area contributed by atoms with E-state index in [1.54, 1.807) is 0 Å². The fourth-order valence-corrected chi connectivity index (χ4v) is 2.58. The number of halogens is 5. The van der Waals surface area contributed by atoms with Gasteiger partial charge in [0, 0.05) is 19.1 Å². The van der Waals surface area contributed by atoms with Gasteiger partial charge in [-0.15, -0.1) is 12.4 Å². The third-order valence-electron chi connectivity index (χ3n) is 3.79. The summed E-state index contributed by atoms with van der Waals surface area (Å²) in [6.45, 7) is 3.92. The SMILES string of the molecule is CC(N)C1CCN(Cc2ccc(F)c(C(F)(F)F)c2)C1.Cl. The van der Waals surface area contributed by atoms with Gasteiger partial charge in [-0.1, -0.05) is 6.07 Å². The molecule has 1 fully saturated rings. The van der Waals surface area contributed by atoms with Crippen LogP contribution in [0.25, 0.3) is 0 Å². The first kappa shape index (κ1) is 18.2. The molecule has 2 atom stereocenters. The second-order valence-corrected chi connectivity index (χ2v) is 5.45. The predicted molar refractivity (Wildman–Crippen MR) is 75.7 cm³/mol. The van der Waals surface area contributed by atoms with Gasteiger partial charge in [0.2, 0.25) is 0 Å². The van der Waals surface area contributed by atoms with Crippen molar-refractivity contribution in [2.24, 2.45) is 11.7 Å². The molecule has 1 saturated heterocycles. The Morgan fingerprint density at radius 2 is 2.05 bits per heavy atom. The maximum absolute atomic E-state index is 13.2. The van der Waals surface area contributed by atoms with Gasteiger partial charge in [-0.05, 0) is 43.5 Å². The summed E-state index contributed by atoms with van der Waals surface area (Å²) < 4.78 is 51.1. The van der Waals surface area contributed by atoms with E-state index in [1.807, 2.05) is 6.92 Å². The minimum absolute atomic E-state index is 0. The van der Waals surface area contributed by atoms with E-state index in [1.165, 1.54) is 6.07 Å². The van der Waals surface area contributed by atoms with Gasteiger partial charge < -0.3 is 5.73 Å². The van der Waals surface area contributed by atoms with Crippen LogP contribution in [-0.4, -0.2) is 24.0 Å². The van der Waals surface area contributed by atoms with E-state index in [-0.39, 0.29) is 18.4 Å². The molecular formula is C14H19ClF4N2. The highest BCUT2D eigenvalue weighted by Crippen LogP contribution is 2.32. The summed E-state index contributed by atoms with van der Waals surface area (Å²) >= 11 is 0. The second kappa shape index (κ2) is 6.94. The Kier molecular flexibility index (Phi) is 6.01. The average molecular weight is 327 g/mol. The lowest BCUT2D eigenvalue weighted by atomic mass is 10.0. The van der Waals surface area contributed by atoms with E-state index in [0.29, 0.717) is 18.0 Å². The maximum Gasteiger partial charge on any atom is 0.419 e. The van der Waals surface area contributed by atoms with Gasteiger partial charge in [0.05, 0.1) is 5.56 Å². The molecule has 2 nitrogen and oxygen atoms in total. The van der Waals surface area contributed by atoms with Crippen LogP contribution in [-0.2, 0) is 12.7 Å². The van der Waals surface area contributed by atoms with Gasteiger partial charge in [0.1, 0.15) is 5.82 Å². The lowest BCUT2D eigenvalue weighted by molar-refractivity contribution is -0.140. The Morgan fingerprint density at radius 3 is 2.57 bits per heavy atom. The van der Waals surface area contributed by atoms with Crippen molar-refractivity contribution >= 4 is 12.4 Å². The molecule has 1 aromatic carbocycles. The fourth-order valence-electron chi connectivity index (χ4n) is 2.58. The third-order valence-corrected chi connectivity index (χ3v) is 3.79. The van der Waals surface area contributed by atoms with Gasteiger partial charge in [-0.2, -0.15) is 13.2 Å². The molecule has 0 bridgehead atoms. The van der Waals surface area contributed by atoms with Crippen molar-refractivity contribution in [1.82, 2.24) is 4.90 Å². The zero-order valence-corrected chi connectivity index (χ0v) is 12.5. The number of rotatable bonds is 3. The van der Waals surface area contributed by atoms with Gasteiger partial charge in [0.15, 0.2) is 0 Å². The van der Waals surface area contributed by atoms with Crippen molar-refractivity contribution < 1.29 is 17.6 Å². The van der Waals surface area contributed by atoms with Crippen LogP contribution in [0.15, 0.2) is 18.2 Å². The topological polar surface area (TPSA) is 29.3 Å². The number of nitrogens with two attached hydrogens (primary N) is 1. The van der Waals surface area contributed by atoms with Crippen molar-refractivity contribution in [2.45, 2.75) is 32.1 Å². The number of hydrogen-bond acceptors (Lipinski definition) is 2. The number of benzene rings is 1. The van der Waals surface area contributed by atoms with E-state index in [9.17, 15) is 17.6 Å². The summed E-state index contributed by atoms with van der Waals surface area (Å²) in [5.41, 5.74) is 5.11. The molecule has 1 aliphatic heterocycles. The summed E-state index contributed by atoms with van der Waals surface area (Å²) in [4.78, 5) is 2.06. The van der Waals surface area contributed by atoms with Crippen LogP contribution in [0.4, 0.5) is 17.6 Å². The summed E-state index contributed by atoms with van der Waals surface area (Å²) in [5.74, 6) is -0.853. The minimum Gasteiger partial charge on any atom is -0.328 e. The molecule has 0 aromatic heterocycles. The molecule has 21 heavy (non-hydrogen) atoms. The van der Waals surface area contributed by atoms with Crippen molar-refractivity contribution in [3.05, 3.63) is 35.1 Å². The van der Waals surface area contributed by atoms with Gasteiger partial charge in [-0.3, -0.25) is 4.90 Å². The fraction of sp³-hybridized carbons (Fsp3) is 0.571. The molecule has 7 heteroatoms. The maximum atomic E-state index is 13.2. The Labute approximate surface area is 127 Å². The first-order chi connectivity index (χ1) is 9.27. The molecule has 0 radical (unpaired) electrons. The van der Waals surface area contributed by atoms with Crippen LogP contribution in [0, 0.1) is 11.7 Å². The summed E-state index contributed by atoms with van der Waals surface area (Å²) in [6.07, 6.45) is -3.70. The highest BCUT2D eigenvalue weighted by atomic mass is 35.5. The zero-order chi connectivity index (χ0) is 14.9. The molecule has 0 saturated carbocycles. The zero-order valence-electron chi connectivity index (χ0n) is 11.7. The molecule has 0 aliphatic carbocycles. The van der Waals surface area contributed by atoms with Crippen LogP contribution in [0.5, 0.6) is 0 Å². The monoisotopic (exact) mass is 326 g/mol. The quantitative estimate of drug-likeness (QED) is 0.862. The van der Waals surface area contributed by atoms with Crippen LogP contribution in [0.1, 0.15) is 24.5 Å². The van der Waals surface area contributed by atoms with E-state index in [2.05, 4.69) is 4.90 Å². The van der Waals surface area contributed by atoms with Crippen molar-refractivity contribution in [2.75, 3.05) is 13.1 Å². The van der Waals surface area contributed by atoms with Crippen LogP contribution in [0.3, 0.4) is 0 Å². The first-order valence-corrected chi connectivity index (χ1v) is 6.61. The molecule has 2 unspecified atom stereocenters. The molecular weight excluding hydrogens is 308 g/mol. The highest BCUT2D eigenvalue weighted by molar-refractivity contribution is 5.85. The molecule has 120 valence electrons. The van der Waals surface area contributed by atoms with Gasteiger partial charge in [0.25, 0.3) is 0 Å². The molecule has 2 rings (SSSR count). The number of likely N-dealkylation sites (tertiary alicyclic amines) is 1. The van der Waals surface area contributed by atoms with E-state index in [0.717, 1.165) is 31.6 Å². The minimum atomic E-state index is -4.65. The lowest BCUT2D eigenvalue weighted by Crippen LogP contribution is -2.29. The van der Waals surface area contributed by atoms with Crippen molar-refractivity contribution in [1.29, 1.82) is 0 Å². The molecule has 0 amide bonds. The lowest BCUT2D eigenvalue weighted by Gasteiger charge is -2.18. The second-order valence-electron chi connectivity index (χ2n) is 5.45. The average Bonchev–Trinajstić information content (AvgIpc) is 2.79. The van der Waals surface area contributed by atoms with Crippen LogP contribution >= 0.6 is 12.4 Å². The Balaban J connectivity index is 0.00000220. The van der Waals surface area contributed by atoms with E-state index >= 15 is 0 Å². The standard InChI is InChI=1S/C14H18F4N2.ClH/c1-9(19)11-4-5-20(8-11)7-10-2-3-13(15)12(6-10)14(16,17)18;/h2-3,6,9,11H,4-5,7-8,19H2,1H3;1H. The van der Waals surface area contributed by atoms with Gasteiger partial charge >= 0.3 is 6.18 Å². The molecule has 2 N–H and O–H groups in total.